The second kappa shape index (κ2) is 8.88. The number of benzene rings is 2. The summed E-state index contributed by atoms with van der Waals surface area (Å²) in [6, 6.07) is 10.00. The second-order valence-electron chi connectivity index (χ2n) is 9.51. The Morgan fingerprint density at radius 2 is 1.47 bits per heavy atom. The minimum absolute atomic E-state index is 0.0693. The molecule has 1 N–H and O–H groups in total. The van der Waals surface area contributed by atoms with Gasteiger partial charge in [-0.2, -0.15) is 26.3 Å². The molecule has 2 atom stereocenters. The first-order chi connectivity index (χ1) is 15.6. The maximum absolute atomic E-state index is 13.4. The van der Waals surface area contributed by atoms with Gasteiger partial charge in [-0.25, -0.2) is 0 Å². The minimum atomic E-state index is -4.95. The van der Waals surface area contributed by atoms with Crippen LogP contribution in [0.3, 0.4) is 0 Å². The molecule has 0 saturated carbocycles. The molecule has 1 aliphatic rings. The van der Waals surface area contributed by atoms with Gasteiger partial charge in [-0.15, -0.1) is 0 Å². The van der Waals surface area contributed by atoms with Crippen molar-refractivity contribution in [3.63, 3.8) is 0 Å². The lowest BCUT2D eigenvalue weighted by Crippen LogP contribution is -2.50. The van der Waals surface area contributed by atoms with E-state index in [1.807, 2.05) is 20.8 Å². The fourth-order valence-corrected chi connectivity index (χ4v) is 4.15. The van der Waals surface area contributed by atoms with Crippen molar-refractivity contribution in [3.05, 3.63) is 70.8 Å². The predicted molar refractivity (Wildman–Crippen MR) is 113 cm³/mol. The highest BCUT2D eigenvalue weighted by molar-refractivity contribution is 5.90. The van der Waals surface area contributed by atoms with Crippen LogP contribution in [0.5, 0.6) is 0 Å². The van der Waals surface area contributed by atoms with Gasteiger partial charge < -0.3 is 9.64 Å². The summed E-state index contributed by atoms with van der Waals surface area (Å²) >= 11 is 0. The molecule has 2 unspecified atom stereocenters. The van der Waals surface area contributed by atoms with Gasteiger partial charge in [-0.3, -0.25) is 10.1 Å². The van der Waals surface area contributed by atoms with Crippen molar-refractivity contribution >= 4 is 5.91 Å². The molecule has 1 saturated heterocycles. The first-order valence-corrected chi connectivity index (χ1v) is 10.5. The van der Waals surface area contributed by atoms with Crippen LogP contribution in [0, 0.1) is 5.41 Å². The number of amides is 1. The average Bonchev–Trinajstić information content (AvgIpc) is 2.99. The molecule has 1 fully saturated rings. The highest BCUT2D eigenvalue weighted by Gasteiger charge is 2.54. The molecule has 1 aliphatic heterocycles. The molecule has 0 aliphatic carbocycles. The largest absolute Gasteiger partial charge is 0.416 e. The summed E-state index contributed by atoms with van der Waals surface area (Å²) in [6.45, 7) is 5.00. The van der Waals surface area contributed by atoms with Gasteiger partial charge in [0.2, 0.25) is 0 Å². The Labute approximate surface area is 193 Å². The minimum Gasteiger partial charge on any atom is -0.374 e. The van der Waals surface area contributed by atoms with E-state index in [-0.39, 0.29) is 35.7 Å². The SMILES string of the molecule is CN1C(=O)C(COCc2cc(C(F)(F)F)cc(C(F)(F)F)c2)(c2ccccc2)NC1C(C)(C)C. The molecular formula is C24H26F6N2O2. The third-order valence-electron chi connectivity index (χ3n) is 5.78. The smallest absolute Gasteiger partial charge is 0.374 e. The lowest BCUT2D eigenvalue weighted by atomic mass is 9.89. The Balaban J connectivity index is 1.92. The zero-order valence-electron chi connectivity index (χ0n) is 19.1. The normalized spacial score (nSPS) is 21.9. The van der Waals surface area contributed by atoms with Crippen molar-refractivity contribution in [2.24, 2.45) is 5.41 Å². The molecule has 0 bridgehead atoms. The van der Waals surface area contributed by atoms with Crippen LogP contribution in [0.25, 0.3) is 0 Å². The summed E-state index contributed by atoms with van der Waals surface area (Å²) in [5.41, 5.74) is -4.25. The van der Waals surface area contributed by atoms with Gasteiger partial charge in [0, 0.05) is 7.05 Å². The topological polar surface area (TPSA) is 41.6 Å². The van der Waals surface area contributed by atoms with Crippen molar-refractivity contribution in [1.29, 1.82) is 0 Å². The zero-order valence-corrected chi connectivity index (χ0v) is 19.1. The third-order valence-corrected chi connectivity index (χ3v) is 5.78. The summed E-state index contributed by atoms with van der Waals surface area (Å²) in [4.78, 5) is 14.9. The first-order valence-electron chi connectivity index (χ1n) is 10.5. The van der Waals surface area contributed by atoms with Crippen molar-refractivity contribution < 1.29 is 35.9 Å². The Kier molecular flexibility index (Phi) is 6.80. The van der Waals surface area contributed by atoms with Gasteiger partial charge in [0.15, 0.2) is 0 Å². The summed E-state index contributed by atoms with van der Waals surface area (Å²) in [5.74, 6) is -0.307. The van der Waals surface area contributed by atoms with Gasteiger partial charge in [0.1, 0.15) is 5.54 Å². The van der Waals surface area contributed by atoms with Crippen LogP contribution < -0.4 is 5.32 Å². The zero-order chi connectivity index (χ0) is 25.5. The van der Waals surface area contributed by atoms with Crippen LogP contribution in [-0.4, -0.2) is 30.6 Å². The fraction of sp³-hybridized carbons (Fsp3) is 0.458. The number of carbonyl (C=O) groups is 1. The number of hydrogen-bond acceptors (Lipinski definition) is 3. The maximum Gasteiger partial charge on any atom is 0.416 e. The molecule has 186 valence electrons. The Hall–Kier alpha value is -2.59. The maximum atomic E-state index is 13.4. The van der Waals surface area contributed by atoms with E-state index < -0.39 is 35.6 Å². The third kappa shape index (κ3) is 5.22. The molecule has 4 nitrogen and oxygen atoms in total. The van der Waals surface area contributed by atoms with Crippen molar-refractivity contribution in [1.82, 2.24) is 10.2 Å². The van der Waals surface area contributed by atoms with E-state index in [4.69, 9.17) is 4.74 Å². The van der Waals surface area contributed by atoms with E-state index in [0.717, 1.165) is 0 Å². The number of likely N-dealkylation sites (N-methyl/N-ethyl adjacent to an activating group) is 1. The van der Waals surface area contributed by atoms with E-state index >= 15 is 0 Å². The number of rotatable bonds is 5. The average molecular weight is 488 g/mol. The van der Waals surface area contributed by atoms with Gasteiger partial charge in [-0.1, -0.05) is 51.1 Å². The van der Waals surface area contributed by atoms with Gasteiger partial charge in [0.25, 0.3) is 5.91 Å². The van der Waals surface area contributed by atoms with E-state index in [1.165, 1.54) is 0 Å². The van der Waals surface area contributed by atoms with Crippen molar-refractivity contribution in [2.45, 2.75) is 51.4 Å². The van der Waals surface area contributed by atoms with Gasteiger partial charge in [0.05, 0.1) is 30.5 Å². The molecule has 3 rings (SSSR count). The monoisotopic (exact) mass is 488 g/mol. The predicted octanol–water partition coefficient (Wildman–Crippen LogP) is 5.57. The van der Waals surface area contributed by atoms with Gasteiger partial charge in [-0.05, 0) is 34.7 Å². The van der Waals surface area contributed by atoms with E-state index in [1.54, 1.807) is 42.3 Å². The molecule has 0 spiro atoms. The van der Waals surface area contributed by atoms with E-state index in [0.29, 0.717) is 17.7 Å². The van der Waals surface area contributed by atoms with Crippen LogP contribution >= 0.6 is 0 Å². The molecule has 2 aromatic carbocycles. The summed E-state index contributed by atoms with van der Waals surface area (Å²) < 4.78 is 84.6. The number of alkyl halides is 6. The van der Waals surface area contributed by atoms with Crippen LogP contribution in [0.4, 0.5) is 26.3 Å². The van der Waals surface area contributed by atoms with Crippen LogP contribution in [0.1, 0.15) is 43.0 Å². The first kappa shape index (κ1) is 26.0. The fourth-order valence-electron chi connectivity index (χ4n) is 4.15. The standard InChI is InChI=1S/C24H26F6N2O2/c1-21(2,3)19-31-22(20(33)32(19)4,16-8-6-5-7-9-16)14-34-13-15-10-17(23(25,26)27)12-18(11-15)24(28,29)30/h5-12,19,31H,13-14H2,1-4H3. The molecule has 1 heterocycles. The summed E-state index contributed by atoms with van der Waals surface area (Å²) in [5, 5.41) is 3.31. The molecule has 2 aromatic rings. The number of halogens is 6. The van der Waals surface area contributed by atoms with Crippen LogP contribution in [-0.2, 0) is 34.0 Å². The Bertz CT molecular complexity index is 998. The van der Waals surface area contributed by atoms with Crippen LogP contribution in [0.2, 0.25) is 0 Å². The Morgan fingerprint density at radius 3 is 1.91 bits per heavy atom. The molecular weight excluding hydrogens is 462 g/mol. The van der Waals surface area contributed by atoms with Gasteiger partial charge >= 0.3 is 12.4 Å². The lowest BCUT2D eigenvalue weighted by molar-refractivity contribution is -0.143. The quantitative estimate of drug-likeness (QED) is 0.560. The number of nitrogens with one attached hydrogen (secondary N) is 1. The van der Waals surface area contributed by atoms with Crippen LogP contribution in [0.15, 0.2) is 48.5 Å². The van der Waals surface area contributed by atoms with Crippen molar-refractivity contribution in [3.8, 4) is 0 Å². The number of carbonyl (C=O) groups excluding carboxylic acids is 1. The highest BCUT2D eigenvalue weighted by Crippen LogP contribution is 2.38. The summed E-state index contributed by atoms with van der Waals surface area (Å²) in [7, 11) is 1.64. The van der Waals surface area contributed by atoms with Crippen molar-refractivity contribution in [2.75, 3.05) is 13.7 Å². The molecule has 34 heavy (non-hydrogen) atoms. The molecule has 0 radical (unpaired) electrons. The molecule has 1 amide bonds. The number of ether oxygens (including phenoxy) is 1. The number of hydrogen-bond donors (Lipinski definition) is 1. The lowest BCUT2D eigenvalue weighted by Gasteiger charge is -2.33. The molecule has 0 aromatic heterocycles. The molecule has 10 heteroatoms. The Morgan fingerprint density at radius 1 is 0.941 bits per heavy atom. The summed E-state index contributed by atoms with van der Waals surface area (Å²) in [6.07, 6.45) is -10.3. The second-order valence-corrected chi connectivity index (χ2v) is 9.51. The highest BCUT2D eigenvalue weighted by atomic mass is 19.4. The number of nitrogens with zero attached hydrogens (tertiary/aromatic N) is 1. The van der Waals surface area contributed by atoms with E-state index in [9.17, 15) is 31.1 Å². The van der Waals surface area contributed by atoms with E-state index in [2.05, 4.69) is 5.32 Å².